The third kappa shape index (κ3) is 2.35. The van der Waals surface area contributed by atoms with Crippen LogP contribution in [0.2, 0.25) is 0 Å². The Bertz CT molecular complexity index is 286. The van der Waals surface area contributed by atoms with Crippen LogP contribution in [0.4, 0.5) is 17.6 Å². The maximum absolute atomic E-state index is 12.4. The van der Waals surface area contributed by atoms with Crippen molar-refractivity contribution in [1.29, 1.82) is 0 Å². The van der Waals surface area contributed by atoms with E-state index in [4.69, 9.17) is 0 Å². The van der Waals surface area contributed by atoms with E-state index in [1.54, 1.807) is 0 Å². The molecule has 0 saturated carbocycles. The first kappa shape index (κ1) is 12.1. The summed E-state index contributed by atoms with van der Waals surface area (Å²) in [6.07, 6.45) is -10.8. The molecule has 7 heteroatoms. The smallest absolute Gasteiger partial charge is 0.353 e. The van der Waals surface area contributed by atoms with Gasteiger partial charge in [-0.3, -0.25) is 9.53 Å². The van der Waals surface area contributed by atoms with E-state index in [0.717, 1.165) is 0 Å². The predicted molar refractivity (Wildman–Crippen MR) is 40.5 cm³/mol. The standard InChI is InChI=1S/C8H8F4O3/c1-4(2)5(13)3-14-6-7(9,10)15-8(6,11)12/h6H,1,3H2,2H3. The summed E-state index contributed by atoms with van der Waals surface area (Å²) in [5.41, 5.74) is 0.0434. The molecule has 86 valence electrons. The van der Waals surface area contributed by atoms with Crippen LogP contribution < -0.4 is 0 Å². The molecular weight excluding hydrogens is 220 g/mol. The van der Waals surface area contributed by atoms with Crippen LogP contribution in [0.3, 0.4) is 0 Å². The summed E-state index contributed by atoms with van der Waals surface area (Å²) in [5.74, 6) is -0.714. The molecule has 3 nitrogen and oxygen atoms in total. The monoisotopic (exact) mass is 228 g/mol. The van der Waals surface area contributed by atoms with Crippen LogP contribution in [0, 0.1) is 0 Å². The van der Waals surface area contributed by atoms with E-state index in [0.29, 0.717) is 0 Å². The molecule has 0 N–H and O–H groups in total. The van der Waals surface area contributed by atoms with E-state index >= 15 is 0 Å². The zero-order valence-electron chi connectivity index (χ0n) is 7.73. The van der Waals surface area contributed by atoms with Crippen molar-refractivity contribution in [3.8, 4) is 0 Å². The molecule has 0 aromatic carbocycles. The number of ketones is 1. The molecule has 0 aromatic heterocycles. The van der Waals surface area contributed by atoms with Crippen molar-refractivity contribution < 1.29 is 31.8 Å². The van der Waals surface area contributed by atoms with Gasteiger partial charge in [0.25, 0.3) is 0 Å². The largest absolute Gasteiger partial charge is 0.395 e. The molecule has 1 heterocycles. The fourth-order valence-corrected chi connectivity index (χ4v) is 0.902. The minimum atomic E-state index is -4.06. The van der Waals surface area contributed by atoms with Crippen molar-refractivity contribution in [2.75, 3.05) is 6.61 Å². The van der Waals surface area contributed by atoms with E-state index in [9.17, 15) is 22.4 Å². The van der Waals surface area contributed by atoms with Crippen LogP contribution in [0.5, 0.6) is 0 Å². The fraction of sp³-hybridized carbons (Fsp3) is 0.625. The van der Waals surface area contributed by atoms with Crippen LogP contribution in [0.1, 0.15) is 6.92 Å². The van der Waals surface area contributed by atoms with Crippen LogP contribution in [-0.2, 0) is 14.3 Å². The maximum Gasteiger partial charge on any atom is 0.395 e. The minimum Gasteiger partial charge on any atom is -0.353 e. The molecule has 1 rings (SSSR count). The number of rotatable bonds is 4. The highest BCUT2D eigenvalue weighted by Crippen LogP contribution is 2.48. The Morgan fingerprint density at radius 2 is 1.87 bits per heavy atom. The molecule has 1 fully saturated rings. The average molecular weight is 228 g/mol. The second-order valence-electron chi connectivity index (χ2n) is 3.12. The van der Waals surface area contributed by atoms with Gasteiger partial charge in [0.1, 0.15) is 6.61 Å². The highest BCUT2D eigenvalue weighted by molar-refractivity contribution is 5.95. The molecule has 1 saturated heterocycles. The van der Waals surface area contributed by atoms with Gasteiger partial charge in [0, 0.05) is 0 Å². The Morgan fingerprint density at radius 3 is 2.20 bits per heavy atom. The lowest BCUT2D eigenvalue weighted by atomic mass is 10.2. The van der Waals surface area contributed by atoms with Crippen molar-refractivity contribution in [2.45, 2.75) is 25.2 Å². The molecule has 0 spiro atoms. The van der Waals surface area contributed by atoms with Crippen molar-refractivity contribution >= 4 is 5.78 Å². The molecule has 0 aromatic rings. The molecule has 0 aliphatic carbocycles. The molecular formula is C8H8F4O3. The van der Waals surface area contributed by atoms with E-state index in [2.05, 4.69) is 16.1 Å². The van der Waals surface area contributed by atoms with Crippen LogP contribution in [0.25, 0.3) is 0 Å². The summed E-state index contributed by atoms with van der Waals surface area (Å²) in [7, 11) is 0. The van der Waals surface area contributed by atoms with E-state index < -0.39 is 30.7 Å². The van der Waals surface area contributed by atoms with Crippen LogP contribution in [0.15, 0.2) is 12.2 Å². The van der Waals surface area contributed by atoms with Gasteiger partial charge in [-0.05, 0) is 12.5 Å². The number of Topliss-reactive ketones (excluding diaryl/α,β-unsaturated/α-hetero) is 1. The summed E-state index contributed by atoms with van der Waals surface area (Å²) in [6, 6.07) is 0. The SMILES string of the molecule is C=C(C)C(=O)COC1C(F)(F)OC1(F)F. The Morgan fingerprint density at radius 1 is 1.40 bits per heavy atom. The molecule has 0 amide bonds. The number of hydrogen-bond donors (Lipinski definition) is 0. The molecule has 1 aliphatic rings. The number of carbonyl (C=O) groups is 1. The van der Waals surface area contributed by atoms with Gasteiger partial charge in [-0.1, -0.05) is 6.58 Å². The number of hydrogen-bond acceptors (Lipinski definition) is 3. The van der Waals surface area contributed by atoms with Gasteiger partial charge in [0.15, 0.2) is 5.78 Å². The lowest BCUT2D eigenvalue weighted by Gasteiger charge is -2.41. The van der Waals surface area contributed by atoms with Gasteiger partial charge >= 0.3 is 12.2 Å². The number of ether oxygens (including phenoxy) is 2. The van der Waals surface area contributed by atoms with E-state index in [1.165, 1.54) is 6.92 Å². The first-order valence-electron chi connectivity index (χ1n) is 3.93. The lowest BCUT2D eigenvalue weighted by Crippen LogP contribution is -2.65. The average Bonchev–Trinajstić information content (AvgIpc) is 2.00. The topological polar surface area (TPSA) is 35.5 Å². The highest BCUT2D eigenvalue weighted by atomic mass is 19.3. The summed E-state index contributed by atoms with van der Waals surface area (Å²) < 4.78 is 56.6. The van der Waals surface area contributed by atoms with Gasteiger partial charge < -0.3 is 4.74 Å². The van der Waals surface area contributed by atoms with Gasteiger partial charge in [0.05, 0.1) is 0 Å². The zero-order chi connectivity index (χ0) is 11.9. The summed E-state index contributed by atoms with van der Waals surface area (Å²) >= 11 is 0. The Balaban J connectivity index is 2.51. The second kappa shape index (κ2) is 3.57. The van der Waals surface area contributed by atoms with Crippen molar-refractivity contribution in [2.24, 2.45) is 0 Å². The van der Waals surface area contributed by atoms with Gasteiger partial charge in [-0.2, -0.15) is 17.6 Å². The van der Waals surface area contributed by atoms with Gasteiger partial charge in [-0.15, -0.1) is 0 Å². The van der Waals surface area contributed by atoms with Crippen molar-refractivity contribution in [3.05, 3.63) is 12.2 Å². The third-order valence-corrected chi connectivity index (χ3v) is 1.74. The second-order valence-corrected chi connectivity index (χ2v) is 3.12. The van der Waals surface area contributed by atoms with E-state index in [-0.39, 0.29) is 5.57 Å². The third-order valence-electron chi connectivity index (χ3n) is 1.74. The quantitative estimate of drug-likeness (QED) is 0.543. The number of carbonyl (C=O) groups excluding carboxylic acids is 1. The number of halogens is 4. The maximum atomic E-state index is 12.4. The molecule has 0 atom stereocenters. The summed E-state index contributed by atoms with van der Waals surface area (Å²) in [5, 5.41) is 0. The number of alkyl halides is 4. The summed E-state index contributed by atoms with van der Waals surface area (Å²) in [4.78, 5) is 10.9. The molecule has 15 heavy (non-hydrogen) atoms. The first-order valence-corrected chi connectivity index (χ1v) is 3.93. The lowest BCUT2D eigenvalue weighted by molar-refractivity contribution is -0.529. The summed E-state index contributed by atoms with van der Waals surface area (Å²) in [6.45, 7) is 3.67. The highest BCUT2D eigenvalue weighted by Gasteiger charge is 2.72. The van der Waals surface area contributed by atoms with E-state index in [1.807, 2.05) is 0 Å². The Hall–Kier alpha value is -0.950. The molecule has 1 aliphatic heterocycles. The minimum absolute atomic E-state index is 0.0434. The zero-order valence-corrected chi connectivity index (χ0v) is 7.73. The molecule has 0 unspecified atom stereocenters. The van der Waals surface area contributed by atoms with Crippen molar-refractivity contribution in [3.63, 3.8) is 0 Å². The first-order chi connectivity index (χ1) is 6.67. The molecule has 0 bridgehead atoms. The van der Waals surface area contributed by atoms with Crippen molar-refractivity contribution in [1.82, 2.24) is 0 Å². The Labute approximate surface area is 82.6 Å². The van der Waals surface area contributed by atoms with Gasteiger partial charge in [-0.25, -0.2) is 0 Å². The fourth-order valence-electron chi connectivity index (χ4n) is 0.902. The predicted octanol–water partition coefficient (Wildman–Crippen LogP) is 1.73. The van der Waals surface area contributed by atoms with Crippen LogP contribution >= 0.6 is 0 Å². The Kier molecular flexibility index (Phi) is 2.88. The van der Waals surface area contributed by atoms with Crippen LogP contribution in [-0.4, -0.2) is 30.7 Å². The molecule has 0 radical (unpaired) electrons. The van der Waals surface area contributed by atoms with Gasteiger partial charge in [0.2, 0.25) is 6.10 Å². The normalized spacial score (nSPS) is 23.3.